The first-order valence-corrected chi connectivity index (χ1v) is 6.21. The van der Waals surface area contributed by atoms with E-state index in [1.807, 2.05) is 18.2 Å². The molecule has 1 aromatic carbocycles. The number of hydrogen-bond acceptors (Lipinski definition) is 5. The number of nitrogens with two attached hydrogens (primary N) is 1. The molecular weight excluding hydrogens is 258 g/mol. The van der Waals surface area contributed by atoms with Gasteiger partial charge in [-0.2, -0.15) is 4.99 Å². The Labute approximate surface area is 116 Å². The van der Waals surface area contributed by atoms with Crippen molar-refractivity contribution in [3.05, 3.63) is 36.2 Å². The molecule has 0 spiro atoms. The topological polar surface area (TPSA) is 93.3 Å². The Morgan fingerprint density at radius 2 is 2.15 bits per heavy atom. The van der Waals surface area contributed by atoms with Gasteiger partial charge >= 0.3 is 0 Å². The highest BCUT2D eigenvalue weighted by Gasteiger charge is 2.13. The Balaban J connectivity index is 1.62. The number of ether oxygens (including phenoxy) is 2. The van der Waals surface area contributed by atoms with Crippen molar-refractivity contribution in [2.45, 2.75) is 6.42 Å². The van der Waals surface area contributed by atoms with Crippen LogP contribution in [0.5, 0.6) is 11.5 Å². The summed E-state index contributed by atoms with van der Waals surface area (Å²) >= 11 is 0. The van der Waals surface area contributed by atoms with Crippen molar-refractivity contribution in [1.29, 1.82) is 0 Å². The van der Waals surface area contributed by atoms with E-state index in [0.717, 1.165) is 23.5 Å². The molecule has 0 saturated heterocycles. The van der Waals surface area contributed by atoms with E-state index in [1.165, 1.54) is 0 Å². The molecule has 0 bridgehead atoms. The predicted octanol–water partition coefficient (Wildman–Crippen LogP) is 0.292. The summed E-state index contributed by atoms with van der Waals surface area (Å²) in [5, 5.41) is 5.66. The van der Waals surface area contributed by atoms with Gasteiger partial charge in [-0.05, 0) is 24.1 Å². The fourth-order valence-corrected chi connectivity index (χ4v) is 1.95. The molecule has 2 heterocycles. The van der Waals surface area contributed by atoms with Crippen LogP contribution < -0.4 is 25.8 Å². The SMILES string of the molecule is C=C1NC(N)=NC(=NCCc2ccc3c(c2)OCO3)N1. The molecule has 0 amide bonds. The Bertz CT molecular complexity index is 609. The van der Waals surface area contributed by atoms with E-state index >= 15 is 0 Å². The minimum atomic E-state index is 0.286. The van der Waals surface area contributed by atoms with Crippen LogP contribution in [0.3, 0.4) is 0 Å². The molecule has 0 atom stereocenters. The van der Waals surface area contributed by atoms with Crippen molar-refractivity contribution in [2.24, 2.45) is 15.7 Å². The number of rotatable bonds is 3. The molecule has 20 heavy (non-hydrogen) atoms. The maximum absolute atomic E-state index is 5.59. The van der Waals surface area contributed by atoms with Crippen molar-refractivity contribution in [3.8, 4) is 11.5 Å². The molecule has 7 heteroatoms. The third-order valence-electron chi connectivity index (χ3n) is 2.87. The molecule has 0 radical (unpaired) electrons. The summed E-state index contributed by atoms with van der Waals surface area (Å²) in [5.74, 6) is 2.89. The number of hydrogen-bond donors (Lipinski definition) is 3. The maximum atomic E-state index is 5.59. The summed E-state index contributed by atoms with van der Waals surface area (Å²) in [5.41, 5.74) is 6.71. The fraction of sp³-hybridized carbons (Fsp3) is 0.231. The first-order valence-electron chi connectivity index (χ1n) is 6.21. The third kappa shape index (κ3) is 2.66. The van der Waals surface area contributed by atoms with Gasteiger partial charge in [0.1, 0.15) is 5.82 Å². The van der Waals surface area contributed by atoms with Gasteiger partial charge in [0, 0.05) is 6.54 Å². The van der Waals surface area contributed by atoms with Crippen LogP contribution in [0.25, 0.3) is 0 Å². The summed E-state index contributed by atoms with van der Waals surface area (Å²) < 4.78 is 10.6. The Kier molecular flexibility index (Phi) is 3.16. The average molecular weight is 273 g/mol. The lowest BCUT2D eigenvalue weighted by Crippen LogP contribution is -2.44. The second kappa shape index (κ2) is 5.12. The molecule has 4 N–H and O–H groups in total. The fourth-order valence-electron chi connectivity index (χ4n) is 1.95. The Morgan fingerprint density at radius 3 is 3.00 bits per heavy atom. The first kappa shape index (κ1) is 12.3. The van der Waals surface area contributed by atoms with Gasteiger partial charge in [-0.1, -0.05) is 12.6 Å². The summed E-state index contributed by atoms with van der Waals surface area (Å²) in [6, 6.07) is 5.88. The zero-order chi connectivity index (χ0) is 13.9. The largest absolute Gasteiger partial charge is 0.454 e. The molecule has 0 fully saturated rings. The van der Waals surface area contributed by atoms with Gasteiger partial charge in [0.2, 0.25) is 18.7 Å². The van der Waals surface area contributed by atoms with Crippen molar-refractivity contribution in [1.82, 2.24) is 10.6 Å². The lowest BCUT2D eigenvalue weighted by Gasteiger charge is -2.16. The van der Waals surface area contributed by atoms with E-state index in [0.29, 0.717) is 18.3 Å². The van der Waals surface area contributed by atoms with Gasteiger partial charge < -0.3 is 25.8 Å². The highest BCUT2D eigenvalue weighted by molar-refractivity contribution is 5.98. The molecule has 0 aliphatic carbocycles. The third-order valence-corrected chi connectivity index (χ3v) is 2.87. The Hall–Kier alpha value is -2.70. The smallest absolute Gasteiger partial charge is 0.231 e. The summed E-state index contributed by atoms with van der Waals surface area (Å²) in [4.78, 5) is 8.38. The molecule has 104 valence electrons. The van der Waals surface area contributed by atoms with Crippen LogP contribution in [0.15, 0.2) is 40.6 Å². The molecule has 0 saturated carbocycles. The minimum absolute atomic E-state index is 0.286. The van der Waals surface area contributed by atoms with Gasteiger partial charge in [0.15, 0.2) is 11.5 Å². The van der Waals surface area contributed by atoms with Crippen LogP contribution in [-0.2, 0) is 6.42 Å². The van der Waals surface area contributed by atoms with Crippen molar-refractivity contribution < 1.29 is 9.47 Å². The highest BCUT2D eigenvalue weighted by Crippen LogP contribution is 2.32. The minimum Gasteiger partial charge on any atom is -0.454 e. The molecule has 2 aliphatic heterocycles. The van der Waals surface area contributed by atoms with Crippen LogP contribution in [0, 0.1) is 0 Å². The van der Waals surface area contributed by atoms with Crippen LogP contribution in [0.2, 0.25) is 0 Å². The molecule has 0 unspecified atom stereocenters. The molecule has 0 aromatic heterocycles. The van der Waals surface area contributed by atoms with Gasteiger partial charge in [0.05, 0.1) is 0 Å². The number of aliphatic imine (C=N–C) groups is 2. The summed E-state index contributed by atoms with van der Waals surface area (Å²) in [7, 11) is 0. The van der Waals surface area contributed by atoms with Crippen molar-refractivity contribution >= 4 is 11.9 Å². The van der Waals surface area contributed by atoms with Gasteiger partial charge in [0.25, 0.3) is 0 Å². The van der Waals surface area contributed by atoms with Crippen LogP contribution in [0.1, 0.15) is 5.56 Å². The zero-order valence-electron chi connectivity index (χ0n) is 10.8. The second-order valence-corrected chi connectivity index (χ2v) is 4.37. The van der Waals surface area contributed by atoms with Gasteiger partial charge in [-0.25, -0.2) is 0 Å². The second-order valence-electron chi connectivity index (χ2n) is 4.37. The van der Waals surface area contributed by atoms with E-state index in [4.69, 9.17) is 15.2 Å². The summed E-state index contributed by atoms with van der Waals surface area (Å²) in [6.07, 6.45) is 0.775. The lowest BCUT2D eigenvalue weighted by molar-refractivity contribution is 0.174. The Morgan fingerprint density at radius 1 is 1.30 bits per heavy atom. The number of guanidine groups is 2. The highest BCUT2D eigenvalue weighted by atomic mass is 16.7. The number of fused-ring (bicyclic) bond motifs is 1. The van der Waals surface area contributed by atoms with E-state index < -0.39 is 0 Å². The number of nitrogens with zero attached hydrogens (tertiary/aromatic N) is 2. The van der Waals surface area contributed by atoms with E-state index in [9.17, 15) is 0 Å². The lowest BCUT2D eigenvalue weighted by atomic mass is 10.1. The zero-order valence-corrected chi connectivity index (χ0v) is 10.8. The molecular formula is C13H15N5O2. The predicted molar refractivity (Wildman–Crippen MR) is 75.6 cm³/mol. The molecule has 7 nitrogen and oxygen atoms in total. The van der Waals surface area contributed by atoms with Crippen molar-refractivity contribution in [2.75, 3.05) is 13.3 Å². The molecule has 3 rings (SSSR count). The first-order chi connectivity index (χ1) is 9.70. The van der Waals surface area contributed by atoms with E-state index in [1.54, 1.807) is 0 Å². The van der Waals surface area contributed by atoms with E-state index in [2.05, 4.69) is 27.2 Å². The molecule has 1 aromatic rings. The van der Waals surface area contributed by atoms with E-state index in [-0.39, 0.29) is 12.8 Å². The number of nitrogens with one attached hydrogen (secondary N) is 2. The van der Waals surface area contributed by atoms with Gasteiger partial charge in [-0.15, -0.1) is 0 Å². The normalized spacial score (nSPS) is 18.5. The van der Waals surface area contributed by atoms with Crippen LogP contribution in [0.4, 0.5) is 0 Å². The van der Waals surface area contributed by atoms with Crippen LogP contribution in [-0.4, -0.2) is 25.3 Å². The maximum Gasteiger partial charge on any atom is 0.231 e. The summed E-state index contributed by atoms with van der Waals surface area (Å²) in [6.45, 7) is 4.60. The standard InChI is InChI=1S/C13H15N5O2/c1-8-16-12(14)18-13(17-8)15-5-4-9-2-3-10-11(6-9)20-7-19-10/h2-3,6H,1,4-5,7H2,(H4,14,15,16,17,18). The van der Waals surface area contributed by atoms with Crippen molar-refractivity contribution in [3.63, 3.8) is 0 Å². The van der Waals surface area contributed by atoms with Gasteiger partial charge in [-0.3, -0.25) is 4.99 Å². The number of benzene rings is 1. The monoisotopic (exact) mass is 273 g/mol. The molecule has 2 aliphatic rings. The average Bonchev–Trinajstić information content (AvgIpc) is 2.85. The quantitative estimate of drug-likeness (QED) is 0.736. The van der Waals surface area contributed by atoms with Crippen LogP contribution >= 0.6 is 0 Å².